The topological polar surface area (TPSA) is 66.5 Å². The number of hydrogen-bond acceptors (Lipinski definition) is 4. The minimum atomic E-state index is -3.00. The predicted octanol–water partition coefficient (Wildman–Crippen LogP) is -0.759. The number of amides is 1. The average Bonchev–Trinajstić information content (AvgIpc) is 2.06. The highest BCUT2D eigenvalue weighted by Gasteiger charge is 2.35. The van der Waals surface area contributed by atoms with Crippen molar-refractivity contribution in [2.75, 3.05) is 31.6 Å². The van der Waals surface area contributed by atoms with Gasteiger partial charge in [0.2, 0.25) is 5.91 Å². The molecule has 0 spiro atoms. The first-order valence-electron chi connectivity index (χ1n) is 4.94. The number of nitrogens with zero attached hydrogens (tertiary/aromatic N) is 1. The molecule has 15 heavy (non-hydrogen) atoms. The lowest BCUT2D eigenvalue weighted by Crippen LogP contribution is -2.61. The van der Waals surface area contributed by atoms with E-state index in [0.29, 0.717) is 19.6 Å². The molecule has 0 saturated carbocycles. The normalized spacial score (nSPS) is 21.8. The third-order valence-electron chi connectivity index (χ3n) is 2.50. The van der Waals surface area contributed by atoms with Gasteiger partial charge in [0.05, 0.1) is 11.3 Å². The van der Waals surface area contributed by atoms with Gasteiger partial charge in [0.1, 0.15) is 9.84 Å². The summed E-state index contributed by atoms with van der Waals surface area (Å²) < 4.78 is 22.0. The van der Waals surface area contributed by atoms with E-state index in [1.165, 1.54) is 6.26 Å². The third kappa shape index (κ3) is 3.46. The van der Waals surface area contributed by atoms with Crippen molar-refractivity contribution in [3.8, 4) is 0 Å². The smallest absolute Gasteiger partial charge is 0.242 e. The Morgan fingerprint density at radius 2 is 2.07 bits per heavy atom. The minimum absolute atomic E-state index is 0.0302. The first-order chi connectivity index (χ1) is 6.72. The molecule has 0 aromatic rings. The molecule has 0 aromatic heterocycles. The Morgan fingerprint density at radius 3 is 2.60 bits per heavy atom. The molecule has 1 fully saturated rings. The van der Waals surface area contributed by atoms with Gasteiger partial charge < -0.3 is 10.2 Å². The lowest BCUT2D eigenvalue weighted by atomic mass is 10.0. The lowest BCUT2D eigenvalue weighted by molar-refractivity contribution is -0.139. The van der Waals surface area contributed by atoms with E-state index in [1.54, 1.807) is 4.90 Å². The van der Waals surface area contributed by atoms with E-state index in [2.05, 4.69) is 5.32 Å². The largest absolute Gasteiger partial charge is 0.339 e. The monoisotopic (exact) mass is 234 g/mol. The number of nitrogens with one attached hydrogen (secondary N) is 1. The highest BCUT2D eigenvalue weighted by molar-refractivity contribution is 7.90. The second-order valence-corrected chi connectivity index (χ2v) is 6.73. The summed E-state index contributed by atoms with van der Waals surface area (Å²) in [7, 11) is -3.00. The fourth-order valence-corrected chi connectivity index (χ4v) is 2.12. The molecule has 1 amide bonds. The van der Waals surface area contributed by atoms with Crippen LogP contribution in [-0.4, -0.2) is 56.4 Å². The van der Waals surface area contributed by atoms with Crippen molar-refractivity contribution in [3.05, 3.63) is 0 Å². The van der Waals surface area contributed by atoms with Crippen molar-refractivity contribution < 1.29 is 13.2 Å². The Hall–Kier alpha value is -0.620. The predicted molar refractivity (Wildman–Crippen MR) is 58.4 cm³/mol. The van der Waals surface area contributed by atoms with Crippen LogP contribution in [0.4, 0.5) is 0 Å². The van der Waals surface area contributed by atoms with Crippen molar-refractivity contribution >= 4 is 15.7 Å². The van der Waals surface area contributed by atoms with Crippen LogP contribution in [0.15, 0.2) is 0 Å². The first-order valence-corrected chi connectivity index (χ1v) is 7.00. The molecule has 1 heterocycles. The van der Waals surface area contributed by atoms with Crippen LogP contribution in [0.3, 0.4) is 0 Å². The highest BCUT2D eigenvalue weighted by atomic mass is 32.2. The molecule has 6 heteroatoms. The standard InChI is InChI=1S/C9H18N2O3S/c1-9(2)8(12)11(5-4-10-9)6-7-15(3,13)14/h10H,4-7H2,1-3H3. The molecule has 0 unspecified atom stereocenters. The van der Waals surface area contributed by atoms with Crippen LogP contribution in [0.25, 0.3) is 0 Å². The summed E-state index contributed by atoms with van der Waals surface area (Å²) in [4.78, 5) is 13.4. The van der Waals surface area contributed by atoms with Crippen LogP contribution < -0.4 is 5.32 Å². The maximum atomic E-state index is 11.8. The van der Waals surface area contributed by atoms with Gasteiger partial charge >= 0.3 is 0 Å². The molecule has 1 aliphatic heterocycles. The molecule has 1 aliphatic rings. The summed E-state index contributed by atoms with van der Waals surface area (Å²) >= 11 is 0. The Bertz CT molecular complexity index is 348. The zero-order chi connectivity index (χ0) is 11.7. The molecule has 0 aliphatic carbocycles. The van der Waals surface area contributed by atoms with Crippen molar-refractivity contribution in [1.29, 1.82) is 0 Å². The summed E-state index contributed by atoms with van der Waals surface area (Å²) in [5, 5.41) is 3.09. The van der Waals surface area contributed by atoms with Gasteiger partial charge in [0.25, 0.3) is 0 Å². The second-order valence-electron chi connectivity index (χ2n) is 4.47. The Labute approximate surface area is 90.7 Å². The fourth-order valence-electron chi connectivity index (χ4n) is 1.57. The highest BCUT2D eigenvalue weighted by Crippen LogP contribution is 2.11. The van der Waals surface area contributed by atoms with E-state index in [-0.39, 0.29) is 11.7 Å². The van der Waals surface area contributed by atoms with E-state index >= 15 is 0 Å². The average molecular weight is 234 g/mol. The molecule has 1 N–H and O–H groups in total. The van der Waals surface area contributed by atoms with Crippen molar-refractivity contribution in [2.45, 2.75) is 19.4 Å². The van der Waals surface area contributed by atoms with Crippen molar-refractivity contribution in [2.24, 2.45) is 0 Å². The van der Waals surface area contributed by atoms with Crippen molar-refractivity contribution in [3.63, 3.8) is 0 Å². The quantitative estimate of drug-likeness (QED) is 0.697. The van der Waals surface area contributed by atoms with E-state index in [9.17, 15) is 13.2 Å². The van der Waals surface area contributed by atoms with E-state index in [1.807, 2.05) is 13.8 Å². The zero-order valence-electron chi connectivity index (χ0n) is 9.41. The maximum absolute atomic E-state index is 11.8. The van der Waals surface area contributed by atoms with E-state index in [4.69, 9.17) is 0 Å². The number of hydrogen-bond donors (Lipinski definition) is 1. The number of carbonyl (C=O) groups excluding carboxylic acids is 1. The van der Waals surface area contributed by atoms with Gasteiger partial charge in [0.15, 0.2) is 0 Å². The summed E-state index contributed by atoms with van der Waals surface area (Å²) in [5.41, 5.74) is -0.574. The molecule has 88 valence electrons. The first kappa shape index (κ1) is 12.4. The molecule has 0 bridgehead atoms. The van der Waals surface area contributed by atoms with Crippen LogP contribution >= 0.6 is 0 Å². The van der Waals surface area contributed by atoms with Crippen LogP contribution in [0, 0.1) is 0 Å². The van der Waals surface area contributed by atoms with E-state index in [0.717, 1.165) is 0 Å². The molecule has 0 aromatic carbocycles. The molecule has 5 nitrogen and oxygen atoms in total. The molecule has 0 atom stereocenters. The second kappa shape index (κ2) is 4.09. The van der Waals surface area contributed by atoms with Gasteiger partial charge in [-0.3, -0.25) is 4.79 Å². The molecule has 1 rings (SSSR count). The summed E-state index contributed by atoms with van der Waals surface area (Å²) in [6, 6.07) is 0. The fraction of sp³-hybridized carbons (Fsp3) is 0.889. The molecule has 0 radical (unpaired) electrons. The van der Waals surface area contributed by atoms with Crippen molar-refractivity contribution in [1.82, 2.24) is 10.2 Å². The number of carbonyl (C=O) groups is 1. The van der Waals surface area contributed by atoms with E-state index < -0.39 is 15.4 Å². The molecular weight excluding hydrogens is 216 g/mol. The zero-order valence-corrected chi connectivity index (χ0v) is 10.2. The number of rotatable bonds is 3. The van der Waals surface area contributed by atoms with Gasteiger partial charge in [-0.1, -0.05) is 0 Å². The molecular formula is C9H18N2O3S. The van der Waals surface area contributed by atoms with Gasteiger partial charge in [-0.05, 0) is 13.8 Å². The summed E-state index contributed by atoms with van der Waals surface area (Å²) in [6.07, 6.45) is 1.19. The van der Waals surface area contributed by atoms with Gasteiger partial charge in [-0.2, -0.15) is 0 Å². The van der Waals surface area contributed by atoms with Crippen LogP contribution in [0.1, 0.15) is 13.8 Å². The minimum Gasteiger partial charge on any atom is -0.339 e. The van der Waals surface area contributed by atoms with Gasteiger partial charge in [-0.15, -0.1) is 0 Å². The molecule has 1 saturated heterocycles. The van der Waals surface area contributed by atoms with Crippen LogP contribution in [0.2, 0.25) is 0 Å². The Kier molecular flexibility index (Phi) is 3.40. The summed E-state index contributed by atoms with van der Waals surface area (Å²) in [5.74, 6) is 0.00634. The number of sulfone groups is 1. The third-order valence-corrected chi connectivity index (χ3v) is 3.43. The van der Waals surface area contributed by atoms with Gasteiger partial charge in [0, 0.05) is 25.9 Å². The van der Waals surface area contributed by atoms with Gasteiger partial charge in [-0.25, -0.2) is 8.42 Å². The van der Waals surface area contributed by atoms with Crippen LogP contribution in [-0.2, 0) is 14.6 Å². The van der Waals surface area contributed by atoms with Crippen LogP contribution in [0.5, 0.6) is 0 Å². The Balaban J connectivity index is 2.60. The Morgan fingerprint density at radius 1 is 1.47 bits per heavy atom. The number of piperazine rings is 1. The summed E-state index contributed by atoms with van der Waals surface area (Å²) in [6.45, 7) is 5.20. The SMILES string of the molecule is CC1(C)NCCN(CCS(C)(=O)=O)C1=O. The lowest BCUT2D eigenvalue weighted by Gasteiger charge is -2.38. The maximum Gasteiger partial charge on any atom is 0.242 e.